The van der Waals surface area contributed by atoms with Gasteiger partial charge in [-0.2, -0.15) is 0 Å². The van der Waals surface area contributed by atoms with Gasteiger partial charge in [0.05, 0.1) is 6.04 Å². The van der Waals surface area contributed by atoms with E-state index in [-0.39, 0.29) is 5.82 Å². The highest BCUT2D eigenvalue weighted by Gasteiger charge is 2.46. The van der Waals surface area contributed by atoms with Crippen LogP contribution < -0.4 is 5.32 Å². The first-order valence-corrected chi connectivity index (χ1v) is 10.9. The normalized spacial score (nSPS) is 32.9. The zero-order chi connectivity index (χ0) is 18.4. The molecule has 5 rings (SSSR count). The molecule has 1 aromatic carbocycles. The molecule has 2 unspecified atom stereocenters. The quantitative estimate of drug-likeness (QED) is 0.570. The van der Waals surface area contributed by atoms with Crippen molar-refractivity contribution in [3.05, 3.63) is 41.7 Å². The van der Waals surface area contributed by atoms with Gasteiger partial charge in [0.2, 0.25) is 0 Å². The molecule has 2 bridgehead atoms. The smallest absolute Gasteiger partial charge is 0.173 e. The van der Waals surface area contributed by atoms with Crippen LogP contribution in [0.3, 0.4) is 0 Å². The highest BCUT2D eigenvalue weighted by Crippen LogP contribution is 2.45. The van der Waals surface area contributed by atoms with E-state index in [0.29, 0.717) is 12.0 Å². The summed E-state index contributed by atoms with van der Waals surface area (Å²) in [4.78, 5) is 5.18. The maximum Gasteiger partial charge on any atom is 0.173 e. The van der Waals surface area contributed by atoms with Crippen molar-refractivity contribution < 1.29 is 4.39 Å². The van der Waals surface area contributed by atoms with Gasteiger partial charge in [0, 0.05) is 24.8 Å². The minimum atomic E-state index is -0.216. The van der Waals surface area contributed by atoms with Crippen LogP contribution >= 0.6 is 12.2 Å². The van der Waals surface area contributed by atoms with Crippen LogP contribution in [0.25, 0.3) is 0 Å². The molecule has 0 radical (unpaired) electrons. The number of hydrogen-bond donors (Lipinski definition) is 1. The molecule has 4 atom stereocenters. The van der Waals surface area contributed by atoms with Crippen molar-refractivity contribution >= 4 is 23.0 Å². The Labute approximate surface area is 166 Å². The van der Waals surface area contributed by atoms with E-state index >= 15 is 0 Å². The SMILES string of the molecule is Fc1ccc(NC(=S)N2CCCC3=CC4CC(CN5CCCC[C@H]45)[C@@H]32)cc1. The van der Waals surface area contributed by atoms with Gasteiger partial charge >= 0.3 is 0 Å². The number of likely N-dealkylation sites (tertiary alicyclic amines) is 1. The molecule has 3 aliphatic heterocycles. The second-order valence-electron chi connectivity index (χ2n) is 8.64. The molecule has 0 aromatic heterocycles. The summed E-state index contributed by atoms with van der Waals surface area (Å²) in [5, 5.41) is 4.14. The van der Waals surface area contributed by atoms with Gasteiger partial charge in [-0.25, -0.2) is 4.39 Å². The van der Waals surface area contributed by atoms with Crippen LogP contribution in [0, 0.1) is 17.7 Å². The third kappa shape index (κ3) is 3.29. The average molecular weight is 386 g/mol. The molecule has 144 valence electrons. The third-order valence-corrected chi connectivity index (χ3v) is 7.35. The molecule has 1 N–H and O–H groups in total. The lowest BCUT2D eigenvalue weighted by Crippen LogP contribution is -2.60. The van der Waals surface area contributed by atoms with E-state index in [1.165, 1.54) is 63.7 Å². The molecule has 3 saturated heterocycles. The molecular weight excluding hydrogens is 357 g/mol. The Kier molecular flexibility index (Phi) is 4.68. The molecular formula is C22H28FN3S. The zero-order valence-corrected chi connectivity index (χ0v) is 16.6. The van der Waals surface area contributed by atoms with Crippen LogP contribution in [0.2, 0.25) is 0 Å². The van der Waals surface area contributed by atoms with Gasteiger partial charge in [0.25, 0.3) is 0 Å². The fraction of sp³-hybridized carbons (Fsp3) is 0.591. The summed E-state index contributed by atoms with van der Waals surface area (Å²) in [6, 6.07) is 7.71. The number of halogens is 1. The van der Waals surface area contributed by atoms with E-state index in [1.54, 1.807) is 17.7 Å². The Morgan fingerprint density at radius 1 is 1.11 bits per heavy atom. The molecule has 27 heavy (non-hydrogen) atoms. The van der Waals surface area contributed by atoms with Crippen molar-refractivity contribution in [2.75, 3.05) is 25.0 Å². The summed E-state index contributed by atoms with van der Waals surface area (Å²) in [7, 11) is 0. The lowest BCUT2D eigenvalue weighted by atomic mass is 9.68. The van der Waals surface area contributed by atoms with Crippen LogP contribution in [-0.2, 0) is 0 Å². The molecule has 0 amide bonds. The van der Waals surface area contributed by atoms with Crippen LogP contribution in [-0.4, -0.2) is 46.6 Å². The number of rotatable bonds is 1. The van der Waals surface area contributed by atoms with Crippen LogP contribution in [0.15, 0.2) is 35.9 Å². The van der Waals surface area contributed by atoms with Gasteiger partial charge < -0.3 is 10.2 Å². The lowest BCUT2D eigenvalue weighted by molar-refractivity contribution is 0.0132. The number of nitrogens with one attached hydrogen (secondary N) is 1. The maximum atomic E-state index is 13.2. The van der Waals surface area contributed by atoms with E-state index in [4.69, 9.17) is 12.2 Å². The summed E-state index contributed by atoms with van der Waals surface area (Å²) in [6.07, 6.45) is 10.4. The number of fused-ring (bicyclic) bond motifs is 6. The number of nitrogens with zero attached hydrogens (tertiary/aromatic N) is 2. The first-order chi connectivity index (χ1) is 13.2. The monoisotopic (exact) mass is 385 g/mol. The summed E-state index contributed by atoms with van der Waals surface area (Å²) in [5.41, 5.74) is 2.49. The fourth-order valence-electron chi connectivity index (χ4n) is 5.93. The van der Waals surface area contributed by atoms with E-state index < -0.39 is 0 Å². The van der Waals surface area contributed by atoms with Gasteiger partial charge in [-0.1, -0.05) is 18.1 Å². The number of thiocarbonyl (C=S) groups is 1. The van der Waals surface area contributed by atoms with Crippen molar-refractivity contribution in [3.8, 4) is 0 Å². The van der Waals surface area contributed by atoms with Gasteiger partial charge in [-0.15, -0.1) is 0 Å². The highest BCUT2D eigenvalue weighted by molar-refractivity contribution is 7.80. The maximum absolute atomic E-state index is 13.2. The van der Waals surface area contributed by atoms with Crippen molar-refractivity contribution in [3.63, 3.8) is 0 Å². The summed E-state index contributed by atoms with van der Waals surface area (Å²) >= 11 is 5.80. The second-order valence-corrected chi connectivity index (χ2v) is 9.02. The fourth-order valence-corrected chi connectivity index (χ4v) is 6.25. The van der Waals surface area contributed by atoms with Gasteiger partial charge in [0.15, 0.2) is 5.11 Å². The Bertz CT molecular complexity index is 746. The molecule has 3 fully saturated rings. The molecule has 3 nitrogen and oxygen atoms in total. The van der Waals surface area contributed by atoms with E-state index in [0.717, 1.165) is 29.3 Å². The van der Waals surface area contributed by atoms with E-state index in [9.17, 15) is 4.39 Å². The third-order valence-electron chi connectivity index (χ3n) is 7.01. The predicted molar refractivity (Wildman–Crippen MR) is 111 cm³/mol. The number of benzene rings is 1. The molecule has 1 aromatic rings. The van der Waals surface area contributed by atoms with Crippen molar-refractivity contribution in [2.45, 2.75) is 50.6 Å². The largest absolute Gasteiger partial charge is 0.342 e. The number of hydrogen-bond acceptors (Lipinski definition) is 2. The summed E-state index contributed by atoms with van der Waals surface area (Å²) in [6.45, 7) is 3.50. The Morgan fingerprint density at radius 3 is 2.81 bits per heavy atom. The molecule has 0 saturated carbocycles. The molecule has 5 heteroatoms. The Balaban J connectivity index is 1.38. The molecule has 1 aliphatic carbocycles. The minimum absolute atomic E-state index is 0.216. The standard InChI is InChI=1S/C22H28FN3S/c23-18-6-8-19(9-7-18)24-22(27)26-11-3-4-15-12-16-13-17(21(15)26)14-25-10-2-1-5-20(16)25/h6-9,12,16-17,20-21H,1-5,10-11,13-14H2,(H,24,27)/t16?,17?,20-,21-/m1/s1. The first kappa shape index (κ1) is 17.6. The van der Waals surface area contributed by atoms with Crippen molar-refractivity contribution in [1.82, 2.24) is 9.80 Å². The highest BCUT2D eigenvalue weighted by atomic mass is 32.1. The van der Waals surface area contributed by atoms with Gasteiger partial charge in [0.1, 0.15) is 5.82 Å². The molecule has 4 aliphatic rings. The topological polar surface area (TPSA) is 18.5 Å². The second kappa shape index (κ2) is 7.17. The zero-order valence-electron chi connectivity index (χ0n) is 15.7. The van der Waals surface area contributed by atoms with Gasteiger partial charge in [-0.3, -0.25) is 4.90 Å². The minimum Gasteiger partial charge on any atom is -0.342 e. The number of anilines is 1. The van der Waals surface area contributed by atoms with Crippen molar-refractivity contribution in [2.24, 2.45) is 11.8 Å². The Hall–Kier alpha value is -1.46. The number of piperidine rings is 3. The molecule has 0 spiro atoms. The lowest BCUT2D eigenvalue weighted by Gasteiger charge is -2.55. The van der Waals surface area contributed by atoms with Crippen LogP contribution in [0.5, 0.6) is 0 Å². The van der Waals surface area contributed by atoms with E-state index in [1.807, 2.05) is 0 Å². The molecule has 3 heterocycles. The average Bonchev–Trinajstić information content (AvgIpc) is 2.69. The van der Waals surface area contributed by atoms with Crippen LogP contribution in [0.1, 0.15) is 38.5 Å². The summed E-state index contributed by atoms with van der Waals surface area (Å²) in [5.74, 6) is 1.21. The first-order valence-electron chi connectivity index (χ1n) is 10.5. The van der Waals surface area contributed by atoms with E-state index in [2.05, 4.69) is 21.2 Å². The Morgan fingerprint density at radius 2 is 1.96 bits per heavy atom. The van der Waals surface area contributed by atoms with Crippen LogP contribution in [0.4, 0.5) is 10.1 Å². The van der Waals surface area contributed by atoms with Gasteiger partial charge in [-0.05, 0) is 87.0 Å². The summed E-state index contributed by atoms with van der Waals surface area (Å²) < 4.78 is 13.2. The van der Waals surface area contributed by atoms with Crippen molar-refractivity contribution in [1.29, 1.82) is 0 Å². The predicted octanol–water partition coefficient (Wildman–Crippen LogP) is 4.42.